The van der Waals surface area contributed by atoms with Gasteiger partial charge in [-0.05, 0) is 88.3 Å². The standard InChI is InChI=1S/C38H23NO4/c1-3-36(40)42-33-17-15-29-21-25(7-11-31(29)23-33)5-9-27-13-14-28(38-35(27)19-20-39-38)10-6-26-8-12-32-24-34(43-37(41)4-2)18-16-30(32)22-26/h3-4,7-8,11-24,39H,1-2H2. The van der Waals surface area contributed by atoms with Crippen LogP contribution < -0.4 is 9.47 Å². The van der Waals surface area contributed by atoms with Crippen LogP contribution in [0.2, 0.25) is 0 Å². The molecule has 5 heteroatoms. The molecule has 1 aromatic heterocycles. The molecular weight excluding hydrogens is 534 g/mol. The maximum atomic E-state index is 11.5. The molecule has 204 valence electrons. The van der Waals surface area contributed by atoms with Crippen molar-refractivity contribution in [2.45, 2.75) is 0 Å². The molecule has 0 aliphatic heterocycles. The summed E-state index contributed by atoms with van der Waals surface area (Å²) in [5.74, 6) is 13.1. The first-order valence-electron chi connectivity index (χ1n) is 13.4. The van der Waals surface area contributed by atoms with E-state index < -0.39 is 11.9 Å². The lowest BCUT2D eigenvalue weighted by molar-refractivity contribution is -0.129. The number of aromatic nitrogens is 1. The lowest BCUT2D eigenvalue weighted by Gasteiger charge is -2.04. The first-order chi connectivity index (χ1) is 21.0. The zero-order valence-electron chi connectivity index (χ0n) is 22.9. The fourth-order valence-electron chi connectivity index (χ4n) is 4.69. The molecule has 6 aromatic rings. The molecule has 0 spiro atoms. The Labute approximate surface area is 248 Å². The highest BCUT2D eigenvalue weighted by Crippen LogP contribution is 2.25. The van der Waals surface area contributed by atoms with Crippen LogP contribution in [0.1, 0.15) is 22.3 Å². The van der Waals surface area contributed by atoms with Crippen LogP contribution in [-0.2, 0) is 9.59 Å². The van der Waals surface area contributed by atoms with Gasteiger partial charge >= 0.3 is 11.9 Å². The van der Waals surface area contributed by atoms with Gasteiger partial charge in [0.2, 0.25) is 0 Å². The second kappa shape index (κ2) is 11.7. The average molecular weight is 558 g/mol. The Bertz CT molecular complexity index is 2070. The molecule has 0 radical (unpaired) electrons. The second-order valence-corrected chi connectivity index (χ2v) is 9.62. The number of rotatable bonds is 4. The van der Waals surface area contributed by atoms with Crippen molar-refractivity contribution in [2.75, 3.05) is 0 Å². The van der Waals surface area contributed by atoms with Crippen LogP contribution in [0.25, 0.3) is 32.4 Å². The summed E-state index contributed by atoms with van der Waals surface area (Å²) in [4.78, 5) is 26.3. The van der Waals surface area contributed by atoms with E-state index in [0.29, 0.717) is 11.5 Å². The molecule has 0 aliphatic carbocycles. The molecule has 1 heterocycles. The minimum absolute atomic E-state index is 0.469. The van der Waals surface area contributed by atoms with E-state index in [2.05, 4.69) is 41.8 Å². The second-order valence-electron chi connectivity index (χ2n) is 9.62. The van der Waals surface area contributed by atoms with Crippen molar-refractivity contribution in [3.63, 3.8) is 0 Å². The van der Waals surface area contributed by atoms with Crippen molar-refractivity contribution in [3.8, 4) is 35.2 Å². The Balaban J connectivity index is 1.24. The number of hydrogen-bond acceptors (Lipinski definition) is 4. The van der Waals surface area contributed by atoms with Crippen LogP contribution in [0.5, 0.6) is 11.5 Å². The molecule has 6 rings (SSSR count). The molecule has 5 aromatic carbocycles. The monoisotopic (exact) mass is 557 g/mol. The largest absolute Gasteiger partial charge is 0.423 e. The zero-order valence-corrected chi connectivity index (χ0v) is 22.9. The maximum absolute atomic E-state index is 11.5. The minimum Gasteiger partial charge on any atom is -0.423 e. The quantitative estimate of drug-likeness (QED) is 0.106. The Morgan fingerprint density at radius 1 is 0.581 bits per heavy atom. The highest BCUT2D eigenvalue weighted by Gasteiger charge is 2.06. The third-order valence-corrected chi connectivity index (χ3v) is 6.80. The SMILES string of the molecule is C=CC(=O)Oc1ccc2cc(C#Cc3ccc(C#Cc4ccc5cc(OC(=O)C=C)ccc5c4)c4[nH]ccc34)ccc2c1. The maximum Gasteiger partial charge on any atom is 0.335 e. The summed E-state index contributed by atoms with van der Waals surface area (Å²) >= 11 is 0. The predicted octanol–water partition coefficient (Wildman–Crippen LogP) is 7.46. The number of ether oxygens (including phenoxy) is 2. The van der Waals surface area contributed by atoms with Crippen molar-refractivity contribution in [1.29, 1.82) is 0 Å². The van der Waals surface area contributed by atoms with E-state index in [9.17, 15) is 9.59 Å². The first-order valence-corrected chi connectivity index (χ1v) is 13.4. The summed E-state index contributed by atoms with van der Waals surface area (Å²) in [6.45, 7) is 6.85. The van der Waals surface area contributed by atoms with Gasteiger partial charge in [-0.15, -0.1) is 0 Å². The van der Waals surface area contributed by atoms with E-state index in [0.717, 1.165) is 66.9 Å². The van der Waals surface area contributed by atoms with Crippen molar-refractivity contribution in [3.05, 3.63) is 145 Å². The van der Waals surface area contributed by atoms with E-state index in [-0.39, 0.29) is 0 Å². The fraction of sp³-hybridized carbons (Fsp3) is 0. The van der Waals surface area contributed by atoms with E-state index in [1.165, 1.54) is 0 Å². The Kier molecular flexibility index (Phi) is 7.30. The smallest absolute Gasteiger partial charge is 0.335 e. The van der Waals surface area contributed by atoms with Gasteiger partial charge < -0.3 is 14.5 Å². The van der Waals surface area contributed by atoms with Crippen LogP contribution in [0.15, 0.2) is 123 Å². The normalized spacial score (nSPS) is 10.3. The number of benzene rings is 5. The van der Waals surface area contributed by atoms with Crippen molar-refractivity contribution >= 4 is 44.4 Å². The van der Waals surface area contributed by atoms with Gasteiger partial charge in [-0.25, -0.2) is 9.59 Å². The van der Waals surface area contributed by atoms with Gasteiger partial charge in [0.15, 0.2) is 0 Å². The molecule has 0 bridgehead atoms. The van der Waals surface area contributed by atoms with Crippen LogP contribution in [-0.4, -0.2) is 16.9 Å². The van der Waals surface area contributed by atoms with Gasteiger partial charge in [0.1, 0.15) is 11.5 Å². The van der Waals surface area contributed by atoms with Crippen LogP contribution in [0, 0.1) is 23.7 Å². The van der Waals surface area contributed by atoms with Gasteiger partial charge in [-0.1, -0.05) is 61.1 Å². The van der Waals surface area contributed by atoms with Gasteiger partial charge in [0.25, 0.3) is 0 Å². The molecule has 43 heavy (non-hydrogen) atoms. The van der Waals surface area contributed by atoms with E-state index in [4.69, 9.17) is 9.47 Å². The number of carbonyl (C=O) groups is 2. The molecule has 5 nitrogen and oxygen atoms in total. The number of H-pyrrole nitrogens is 1. The molecule has 0 fully saturated rings. The lowest BCUT2D eigenvalue weighted by atomic mass is 10.0. The summed E-state index contributed by atoms with van der Waals surface area (Å²) < 4.78 is 10.4. The van der Waals surface area contributed by atoms with Crippen molar-refractivity contribution in [2.24, 2.45) is 0 Å². The highest BCUT2D eigenvalue weighted by molar-refractivity contribution is 5.92. The molecule has 0 atom stereocenters. The number of esters is 2. The third-order valence-electron chi connectivity index (χ3n) is 6.80. The van der Waals surface area contributed by atoms with Gasteiger partial charge in [-0.2, -0.15) is 0 Å². The summed E-state index contributed by atoms with van der Waals surface area (Å²) in [6, 6.07) is 28.7. The zero-order chi connectivity index (χ0) is 29.8. The third kappa shape index (κ3) is 5.93. The first kappa shape index (κ1) is 26.9. The van der Waals surface area contributed by atoms with Crippen molar-refractivity contribution < 1.29 is 19.1 Å². The summed E-state index contributed by atoms with van der Waals surface area (Å²) in [7, 11) is 0. The molecule has 0 saturated heterocycles. The molecule has 0 saturated carbocycles. The Morgan fingerprint density at radius 2 is 1.07 bits per heavy atom. The average Bonchev–Trinajstić information content (AvgIpc) is 3.53. The van der Waals surface area contributed by atoms with Gasteiger partial charge in [0, 0.05) is 46.0 Å². The lowest BCUT2D eigenvalue weighted by Crippen LogP contribution is -2.02. The highest BCUT2D eigenvalue weighted by atomic mass is 16.5. The van der Waals surface area contributed by atoms with Crippen LogP contribution >= 0.6 is 0 Å². The number of carbonyl (C=O) groups excluding carboxylic acids is 2. The summed E-state index contributed by atoms with van der Waals surface area (Å²) in [5, 5.41) is 4.87. The van der Waals surface area contributed by atoms with Crippen molar-refractivity contribution in [1.82, 2.24) is 4.98 Å². The summed E-state index contributed by atoms with van der Waals surface area (Å²) in [6.07, 6.45) is 4.16. The van der Waals surface area contributed by atoms with Crippen LogP contribution in [0.3, 0.4) is 0 Å². The summed E-state index contributed by atoms with van der Waals surface area (Å²) in [5.41, 5.74) is 4.43. The number of aromatic amines is 1. The molecule has 1 N–H and O–H groups in total. The van der Waals surface area contributed by atoms with Crippen LogP contribution in [0.4, 0.5) is 0 Å². The van der Waals surface area contributed by atoms with E-state index >= 15 is 0 Å². The van der Waals surface area contributed by atoms with E-state index in [1.54, 1.807) is 12.1 Å². The predicted molar refractivity (Wildman–Crippen MR) is 170 cm³/mol. The van der Waals surface area contributed by atoms with Gasteiger partial charge in [0.05, 0.1) is 5.52 Å². The minimum atomic E-state index is -0.492. The topological polar surface area (TPSA) is 68.4 Å². The number of hydrogen-bond donors (Lipinski definition) is 1. The Hall–Kier alpha value is -6.30. The molecule has 0 amide bonds. The molecule has 0 aliphatic rings. The van der Waals surface area contributed by atoms with E-state index in [1.807, 2.05) is 85.1 Å². The Morgan fingerprint density at radius 3 is 1.63 bits per heavy atom. The molecule has 0 unspecified atom stereocenters. The van der Waals surface area contributed by atoms with Gasteiger partial charge in [-0.3, -0.25) is 0 Å². The molecular formula is C38H23NO4. The fourth-order valence-corrected chi connectivity index (χ4v) is 4.69. The number of fused-ring (bicyclic) bond motifs is 3. The number of nitrogens with one attached hydrogen (secondary N) is 1.